The van der Waals surface area contributed by atoms with Gasteiger partial charge in [-0.25, -0.2) is 4.39 Å². The summed E-state index contributed by atoms with van der Waals surface area (Å²) in [5, 5.41) is 12.1. The van der Waals surface area contributed by atoms with Gasteiger partial charge in [0.05, 0.1) is 11.6 Å². The van der Waals surface area contributed by atoms with Crippen LogP contribution >= 0.6 is 0 Å². The molecule has 1 aromatic carbocycles. The average Bonchev–Trinajstić information content (AvgIpc) is 2.23. The number of nitriles is 1. The molecule has 1 aromatic rings. The van der Waals surface area contributed by atoms with E-state index in [1.807, 2.05) is 6.07 Å². The van der Waals surface area contributed by atoms with E-state index in [4.69, 9.17) is 5.26 Å². The van der Waals surface area contributed by atoms with Gasteiger partial charge in [-0.05, 0) is 49.9 Å². The third kappa shape index (κ3) is 2.40. The first kappa shape index (κ1) is 11.1. The molecule has 1 fully saturated rings. The molecule has 1 aliphatic rings. The summed E-state index contributed by atoms with van der Waals surface area (Å²) < 4.78 is 13.2. The maximum atomic E-state index is 13.2. The summed E-state index contributed by atoms with van der Waals surface area (Å²) in [4.78, 5) is 0. The van der Waals surface area contributed by atoms with Crippen LogP contribution < -0.4 is 5.32 Å². The van der Waals surface area contributed by atoms with E-state index in [0.29, 0.717) is 12.1 Å². The fraction of sp³-hybridized carbons (Fsp3) is 0.462. The maximum absolute atomic E-state index is 13.2. The smallest absolute Gasteiger partial charge is 0.124 e. The van der Waals surface area contributed by atoms with Crippen LogP contribution in [0, 0.1) is 17.1 Å². The van der Waals surface area contributed by atoms with Crippen molar-refractivity contribution in [3.8, 4) is 6.07 Å². The summed E-state index contributed by atoms with van der Waals surface area (Å²) in [7, 11) is 0. The Kier molecular flexibility index (Phi) is 2.93. The minimum atomic E-state index is -0.338. The van der Waals surface area contributed by atoms with E-state index in [-0.39, 0.29) is 11.4 Å². The average molecular weight is 218 g/mol. The van der Waals surface area contributed by atoms with Crippen LogP contribution in [-0.4, -0.2) is 5.54 Å². The molecule has 2 nitrogen and oxygen atoms in total. The van der Waals surface area contributed by atoms with Crippen molar-refractivity contribution in [1.29, 1.82) is 5.26 Å². The zero-order valence-corrected chi connectivity index (χ0v) is 9.39. The molecule has 0 heterocycles. The summed E-state index contributed by atoms with van der Waals surface area (Å²) in [6.07, 6.45) is 3.61. The highest BCUT2D eigenvalue weighted by Gasteiger charge is 2.30. The predicted octanol–water partition coefficient (Wildman–Crippen LogP) is 2.73. The topological polar surface area (TPSA) is 35.8 Å². The third-order valence-corrected chi connectivity index (χ3v) is 3.26. The Morgan fingerprint density at radius 1 is 1.44 bits per heavy atom. The van der Waals surface area contributed by atoms with Gasteiger partial charge in [-0.2, -0.15) is 5.26 Å². The molecular formula is C13H15FN2. The van der Waals surface area contributed by atoms with Crippen LogP contribution in [0.4, 0.5) is 4.39 Å². The number of nitrogens with zero attached hydrogens (tertiary/aromatic N) is 1. The molecule has 0 unspecified atom stereocenters. The minimum absolute atomic E-state index is 0.207. The van der Waals surface area contributed by atoms with Crippen LogP contribution in [0.15, 0.2) is 18.2 Å². The van der Waals surface area contributed by atoms with Crippen molar-refractivity contribution in [1.82, 2.24) is 5.32 Å². The first-order valence-corrected chi connectivity index (χ1v) is 5.56. The first-order chi connectivity index (χ1) is 7.61. The molecule has 0 saturated heterocycles. The minimum Gasteiger partial charge on any atom is -0.307 e. The van der Waals surface area contributed by atoms with Gasteiger partial charge >= 0.3 is 0 Å². The van der Waals surface area contributed by atoms with Gasteiger partial charge in [0.15, 0.2) is 0 Å². The summed E-state index contributed by atoms with van der Waals surface area (Å²) in [6.45, 7) is 2.81. The molecule has 84 valence electrons. The summed E-state index contributed by atoms with van der Waals surface area (Å²) in [5.74, 6) is -0.338. The van der Waals surface area contributed by atoms with Crippen molar-refractivity contribution in [2.75, 3.05) is 0 Å². The molecule has 2 rings (SSSR count). The summed E-state index contributed by atoms with van der Waals surface area (Å²) in [6, 6.07) is 6.44. The molecular weight excluding hydrogens is 203 g/mol. The fourth-order valence-electron chi connectivity index (χ4n) is 2.02. The monoisotopic (exact) mass is 218 g/mol. The molecule has 0 bridgehead atoms. The Morgan fingerprint density at radius 3 is 2.75 bits per heavy atom. The van der Waals surface area contributed by atoms with Crippen molar-refractivity contribution in [3.63, 3.8) is 0 Å². The highest BCUT2D eigenvalue weighted by Crippen LogP contribution is 2.31. The van der Waals surface area contributed by atoms with Gasteiger partial charge in [-0.3, -0.25) is 0 Å². The van der Waals surface area contributed by atoms with Crippen LogP contribution in [0.2, 0.25) is 0 Å². The van der Waals surface area contributed by atoms with Gasteiger partial charge in [-0.15, -0.1) is 0 Å². The number of hydrogen-bond donors (Lipinski definition) is 1. The van der Waals surface area contributed by atoms with E-state index in [2.05, 4.69) is 12.2 Å². The van der Waals surface area contributed by atoms with Gasteiger partial charge < -0.3 is 5.32 Å². The van der Waals surface area contributed by atoms with E-state index >= 15 is 0 Å². The van der Waals surface area contributed by atoms with Crippen LogP contribution in [-0.2, 0) is 6.54 Å². The third-order valence-electron chi connectivity index (χ3n) is 3.26. The van der Waals surface area contributed by atoms with Gasteiger partial charge in [0.25, 0.3) is 0 Å². The Morgan fingerprint density at radius 2 is 2.19 bits per heavy atom. The number of hydrogen-bond acceptors (Lipinski definition) is 2. The van der Waals surface area contributed by atoms with Crippen LogP contribution in [0.25, 0.3) is 0 Å². The number of benzene rings is 1. The largest absolute Gasteiger partial charge is 0.307 e. The molecule has 0 radical (unpaired) electrons. The Labute approximate surface area is 95.1 Å². The quantitative estimate of drug-likeness (QED) is 0.846. The number of nitrogens with one attached hydrogen (secondary N) is 1. The highest BCUT2D eigenvalue weighted by molar-refractivity contribution is 5.33. The first-order valence-electron chi connectivity index (χ1n) is 5.56. The standard InChI is InChI=1S/C13H15FN2/c1-13(3-2-4-13)16-9-11-5-10(8-15)6-12(14)7-11/h5-7,16H,2-4,9H2,1H3. The van der Waals surface area contributed by atoms with E-state index in [9.17, 15) is 4.39 Å². The van der Waals surface area contributed by atoms with Crippen molar-refractivity contribution >= 4 is 0 Å². The van der Waals surface area contributed by atoms with E-state index in [1.54, 1.807) is 6.07 Å². The lowest BCUT2D eigenvalue weighted by Crippen LogP contribution is -2.47. The van der Waals surface area contributed by atoms with Gasteiger partial charge in [0.2, 0.25) is 0 Å². The second-order valence-electron chi connectivity index (χ2n) is 4.73. The zero-order chi connectivity index (χ0) is 11.6. The van der Waals surface area contributed by atoms with E-state index in [0.717, 1.165) is 5.56 Å². The fourth-order valence-corrected chi connectivity index (χ4v) is 2.02. The Balaban J connectivity index is 2.04. The SMILES string of the molecule is CC1(NCc2cc(F)cc(C#N)c2)CCC1. The van der Waals surface area contributed by atoms with Crippen molar-refractivity contribution in [2.24, 2.45) is 0 Å². The Bertz CT molecular complexity index is 430. The molecule has 1 N–H and O–H groups in total. The van der Waals surface area contributed by atoms with Crippen LogP contribution in [0.5, 0.6) is 0 Å². The second-order valence-corrected chi connectivity index (χ2v) is 4.73. The van der Waals surface area contributed by atoms with Gasteiger partial charge in [0, 0.05) is 12.1 Å². The zero-order valence-electron chi connectivity index (χ0n) is 9.39. The molecule has 1 saturated carbocycles. The lowest BCUT2D eigenvalue weighted by atomic mass is 9.78. The lowest BCUT2D eigenvalue weighted by Gasteiger charge is -2.39. The lowest BCUT2D eigenvalue weighted by molar-refractivity contribution is 0.206. The van der Waals surface area contributed by atoms with Crippen molar-refractivity contribution < 1.29 is 4.39 Å². The molecule has 1 aliphatic carbocycles. The molecule has 0 spiro atoms. The summed E-state index contributed by atoms with van der Waals surface area (Å²) in [5.41, 5.74) is 1.43. The van der Waals surface area contributed by atoms with Crippen molar-refractivity contribution in [3.05, 3.63) is 35.1 Å². The van der Waals surface area contributed by atoms with Crippen LogP contribution in [0.1, 0.15) is 37.3 Å². The molecule has 0 atom stereocenters. The molecule has 0 aromatic heterocycles. The normalized spacial score (nSPS) is 17.6. The molecule has 3 heteroatoms. The van der Waals surface area contributed by atoms with Gasteiger partial charge in [0.1, 0.15) is 5.82 Å². The predicted molar refractivity (Wildman–Crippen MR) is 60.2 cm³/mol. The maximum Gasteiger partial charge on any atom is 0.124 e. The molecule has 0 aliphatic heterocycles. The molecule has 16 heavy (non-hydrogen) atoms. The van der Waals surface area contributed by atoms with Crippen LogP contribution in [0.3, 0.4) is 0 Å². The summed E-state index contributed by atoms with van der Waals surface area (Å²) >= 11 is 0. The number of rotatable bonds is 3. The highest BCUT2D eigenvalue weighted by atomic mass is 19.1. The molecule has 0 amide bonds. The van der Waals surface area contributed by atoms with Gasteiger partial charge in [-0.1, -0.05) is 0 Å². The Hall–Kier alpha value is -1.40. The number of halogens is 1. The second kappa shape index (κ2) is 4.23. The van der Waals surface area contributed by atoms with Crippen molar-refractivity contribution in [2.45, 2.75) is 38.3 Å². The van der Waals surface area contributed by atoms with E-state index < -0.39 is 0 Å². The van der Waals surface area contributed by atoms with E-state index in [1.165, 1.54) is 31.4 Å².